The van der Waals surface area contributed by atoms with Crippen LogP contribution in [0.5, 0.6) is 0 Å². The molecule has 8 heteroatoms. The van der Waals surface area contributed by atoms with Crippen molar-refractivity contribution in [3.05, 3.63) is 39.9 Å². The van der Waals surface area contributed by atoms with E-state index in [9.17, 15) is 19.7 Å². The molecule has 1 aromatic rings. The number of benzene rings is 1. The van der Waals surface area contributed by atoms with Gasteiger partial charge in [-0.1, -0.05) is 12.1 Å². The van der Waals surface area contributed by atoms with Crippen LogP contribution in [0.15, 0.2) is 24.3 Å². The molecule has 0 fully saturated rings. The Hall–Kier alpha value is -2.64. The lowest BCUT2D eigenvalue weighted by atomic mass is 10.2. The number of nitrogens with one attached hydrogen (secondary N) is 1. The molecule has 1 rings (SSSR count). The molecule has 0 aromatic heterocycles. The number of nitrogens with zero attached hydrogens (tertiary/aromatic N) is 1. The molecule has 0 unspecified atom stereocenters. The highest BCUT2D eigenvalue weighted by atomic mass is 16.6. The number of para-hydroxylation sites is 1. The third kappa shape index (κ3) is 6.21. The van der Waals surface area contributed by atoms with Crippen LogP contribution in [-0.4, -0.2) is 29.1 Å². The van der Waals surface area contributed by atoms with Gasteiger partial charge in [-0.2, -0.15) is 0 Å². The molecule has 0 aliphatic carbocycles. The van der Waals surface area contributed by atoms with E-state index in [0.717, 1.165) is 0 Å². The van der Waals surface area contributed by atoms with E-state index in [2.05, 4.69) is 5.32 Å². The van der Waals surface area contributed by atoms with Gasteiger partial charge in [-0.15, -0.1) is 0 Å². The van der Waals surface area contributed by atoms with Crippen molar-refractivity contribution in [2.45, 2.75) is 33.0 Å². The Morgan fingerprint density at radius 2 is 1.91 bits per heavy atom. The first-order valence-corrected chi connectivity index (χ1v) is 6.54. The van der Waals surface area contributed by atoms with Crippen molar-refractivity contribution in [3.63, 3.8) is 0 Å². The molecular weight excluding hydrogens is 292 g/mol. The maximum absolute atomic E-state index is 11.5. The Morgan fingerprint density at radius 1 is 1.27 bits per heavy atom. The van der Waals surface area contributed by atoms with Crippen LogP contribution < -0.4 is 5.32 Å². The molecule has 22 heavy (non-hydrogen) atoms. The monoisotopic (exact) mass is 310 g/mol. The molecule has 0 atom stereocenters. The number of rotatable bonds is 5. The number of alkyl carbamates (subject to hydrolysis) is 1. The summed E-state index contributed by atoms with van der Waals surface area (Å²) in [5.41, 5.74) is -0.521. The molecule has 1 N–H and O–H groups in total. The summed E-state index contributed by atoms with van der Waals surface area (Å²) in [6.45, 7) is 4.46. The Bertz CT molecular complexity index is 565. The van der Waals surface area contributed by atoms with Crippen molar-refractivity contribution < 1.29 is 24.0 Å². The van der Waals surface area contributed by atoms with Crippen LogP contribution in [-0.2, 0) is 20.9 Å². The van der Waals surface area contributed by atoms with E-state index in [1.807, 2.05) is 0 Å². The minimum Gasteiger partial charge on any atom is -0.459 e. The van der Waals surface area contributed by atoms with Gasteiger partial charge in [0, 0.05) is 6.07 Å². The summed E-state index contributed by atoms with van der Waals surface area (Å²) < 4.78 is 9.84. The molecule has 1 aromatic carbocycles. The standard InChI is InChI=1S/C14H18N2O6/c1-14(2,3)22-13(18)15-8-12(17)21-9-10-6-4-5-7-11(10)16(19)20/h4-7H,8-9H2,1-3H3,(H,15,18). The maximum Gasteiger partial charge on any atom is 0.408 e. The lowest BCUT2D eigenvalue weighted by molar-refractivity contribution is -0.385. The second-order valence-electron chi connectivity index (χ2n) is 5.40. The van der Waals surface area contributed by atoms with Gasteiger partial charge in [-0.3, -0.25) is 14.9 Å². The van der Waals surface area contributed by atoms with Crippen molar-refractivity contribution in [2.24, 2.45) is 0 Å². The fraction of sp³-hybridized carbons (Fsp3) is 0.429. The van der Waals surface area contributed by atoms with Gasteiger partial charge in [0.1, 0.15) is 18.8 Å². The molecule has 8 nitrogen and oxygen atoms in total. The van der Waals surface area contributed by atoms with Gasteiger partial charge in [-0.25, -0.2) is 4.79 Å². The largest absolute Gasteiger partial charge is 0.459 e. The molecule has 0 saturated heterocycles. The van der Waals surface area contributed by atoms with Crippen molar-refractivity contribution in [3.8, 4) is 0 Å². The van der Waals surface area contributed by atoms with Crippen molar-refractivity contribution in [2.75, 3.05) is 6.54 Å². The van der Waals surface area contributed by atoms with E-state index in [-0.39, 0.29) is 24.4 Å². The van der Waals surface area contributed by atoms with E-state index < -0.39 is 22.6 Å². The molecule has 0 bridgehead atoms. The lowest BCUT2D eigenvalue weighted by Crippen LogP contribution is -2.36. The van der Waals surface area contributed by atoms with Gasteiger partial charge in [-0.05, 0) is 26.8 Å². The fourth-order valence-electron chi connectivity index (χ4n) is 1.48. The number of esters is 1. The number of carbonyl (C=O) groups excluding carboxylic acids is 2. The van der Waals surface area contributed by atoms with E-state index in [1.54, 1.807) is 26.8 Å². The topological polar surface area (TPSA) is 108 Å². The zero-order valence-corrected chi connectivity index (χ0v) is 12.6. The smallest absolute Gasteiger partial charge is 0.408 e. The van der Waals surface area contributed by atoms with Crippen LogP contribution >= 0.6 is 0 Å². The van der Waals surface area contributed by atoms with Gasteiger partial charge in [0.2, 0.25) is 0 Å². The Kier molecular flexibility index (Phi) is 5.85. The van der Waals surface area contributed by atoms with Crippen LogP contribution in [0.3, 0.4) is 0 Å². The average Bonchev–Trinajstić information content (AvgIpc) is 2.41. The number of nitro groups is 1. The van der Waals surface area contributed by atoms with E-state index >= 15 is 0 Å². The number of hydrogen-bond acceptors (Lipinski definition) is 6. The van der Waals surface area contributed by atoms with Gasteiger partial charge in [0.25, 0.3) is 5.69 Å². The highest BCUT2D eigenvalue weighted by molar-refractivity contribution is 5.78. The molecule has 0 heterocycles. The number of hydrogen-bond donors (Lipinski definition) is 1. The quantitative estimate of drug-likeness (QED) is 0.507. The fourth-order valence-corrected chi connectivity index (χ4v) is 1.48. The predicted octanol–water partition coefficient (Wildman–Crippen LogP) is 2.16. The molecule has 0 spiro atoms. The zero-order valence-electron chi connectivity index (χ0n) is 12.6. The van der Waals surface area contributed by atoms with E-state index in [0.29, 0.717) is 0 Å². The molecule has 0 saturated carbocycles. The second kappa shape index (κ2) is 7.39. The Labute approximate surface area is 127 Å². The van der Waals surface area contributed by atoms with Gasteiger partial charge in [0.15, 0.2) is 0 Å². The Balaban J connectivity index is 2.44. The van der Waals surface area contributed by atoms with Gasteiger partial charge in [0.05, 0.1) is 10.5 Å². The minimum atomic E-state index is -0.741. The lowest BCUT2D eigenvalue weighted by Gasteiger charge is -2.19. The molecule has 120 valence electrons. The SMILES string of the molecule is CC(C)(C)OC(=O)NCC(=O)OCc1ccccc1[N+](=O)[O-]. The van der Waals surface area contributed by atoms with Crippen LogP contribution in [0, 0.1) is 10.1 Å². The molecule has 1 amide bonds. The summed E-state index contributed by atoms with van der Waals surface area (Å²) in [6.07, 6.45) is -0.741. The predicted molar refractivity (Wildman–Crippen MR) is 77.1 cm³/mol. The third-order valence-corrected chi connectivity index (χ3v) is 2.35. The normalized spacial score (nSPS) is 10.7. The summed E-state index contributed by atoms with van der Waals surface area (Å²) in [4.78, 5) is 33.1. The van der Waals surface area contributed by atoms with Crippen LogP contribution in [0.4, 0.5) is 10.5 Å². The molecule has 0 aliphatic rings. The number of carbonyl (C=O) groups is 2. The average molecular weight is 310 g/mol. The second-order valence-corrected chi connectivity index (χ2v) is 5.40. The van der Waals surface area contributed by atoms with Crippen LogP contribution in [0.2, 0.25) is 0 Å². The summed E-state index contributed by atoms with van der Waals surface area (Å²) in [7, 11) is 0. The highest BCUT2D eigenvalue weighted by Gasteiger charge is 2.18. The summed E-state index contributed by atoms with van der Waals surface area (Å²) in [5, 5.41) is 13.0. The highest BCUT2D eigenvalue weighted by Crippen LogP contribution is 2.18. The summed E-state index contributed by atoms with van der Waals surface area (Å²) in [5.74, 6) is -0.719. The molecule has 0 radical (unpaired) electrons. The van der Waals surface area contributed by atoms with Crippen LogP contribution in [0.1, 0.15) is 26.3 Å². The zero-order chi connectivity index (χ0) is 16.8. The first-order valence-electron chi connectivity index (χ1n) is 6.54. The van der Waals surface area contributed by atoms with Gasteiger partial charge < -0.3 is 14.8 Å². The van der Waals surface area contributed by atoms with E-state index in [4.69, 9.17) is 9.47 Å². The van der Waals surface area contributed by atoms with Crippen molar-refractivity contribution in [1.82, 2.24) is 5.32 Å². The first-order chi connectivity index (χ1) is 10.2. The molecule has 0 aliphatic heterocycles. The summed E-state index contributed by atoms with van der Waals surface area (Å²) >= 11 is 0. The van der Waals surface area contributed by atoms with Crippen LogP contribution in [0.25, 0.3) is 0 Å². The molecular formula is C14H18N2O6. The Morgan fingerprint density at radius 3 is 2.50 bits per heavy atom. The number of nitro benzene ring substituents is 1. The number of ether oxygens (including phenoxy) is 2. The third-order valence-electron chi connectivity index (χ3n) is 2.35. The first kappa shape index (κ1) is 17.4. The van der Waals surface area contributed by atoms with Crippen molar-refractivity contribution in [1.29, 1.82) is 0 Å². The van der Waals surface area contributed by atoms with Gasteiger partial charge >= 0.3 is 12.1 Å². The van der Waals surface area contributed by atoms with Crippen molar-refractivity contribution >= 4 is 17.7 Å². The minimum absolute atomic E-state index is 0.129. The van der Waals surface area contributed by atoms with E-state index in [1.165, 1.54) is 18.2 Å². The maximum atomic E-state index is 11.5. The summed E-state index contributed by atoms with van der Waals surface area (Å²) in [6, 6.07) is 5.94. The number of amides is 1.